The van der Waals surface area contributed by atoms with Crippen molar-refractivity contribution in [3.05, 3.63) is 35.9 Å². The Morgan fingerprint density at radius 1 is 1.21 bits per heavy atom. The van der Waals surface area contributed by atoms with Crippen LogP contribution in [0.25, 0.3) is 0 Å². The third kappa shape index (κ3) is 5.36. The number of nitrogens with zero attached hydrogens (tertiary/aromatic N) is 2. The standard InChI is InChI=1S/C18H28N4O.HI/c1-19-17(20-13-10-16(23)22(2)3)21-14-18(11-7-12-18)15-8-5-4-6-9-15;/h4-6,8-9H,7,10-14H2,1-3H3,(H2,19,20,21);1H. The predicted molar refractivity (Wildman–Crippen MR) is 110 cm³/mol. The van der Waals surface area contributed by atoms with Crippen LogP contribution in [0.1, 0.15) is 31.2 Å². The third-order valence-corrected chi connectivity index (χ3v) is 4.64. The van der Waals surface area contributed by atoms with Crippen LogP contribution in [0.15, 0.2) is 35.3 Å². The maximum atomic E-state index is 11.6. The molecule has 1 aromatic carbocycles. The predicted octanol–water partition coefficient (Wildman–Crippen LogP) is 2.37. The number of hydrogen-bond donors (Lipinski definition) is 2. The van der Waals surface area contributed by atoms with E-state index in [9.17, 15) is 4.79 Å². The number of guanidine groups is 1. The number of benzene rings is 1. The van der Waals surface area contributed by atoms with Crippen LogP contribution in [0.2, 0.25) is 0 Å². The normalized spacial score (nSPS) is 15.7. The molecule has 1 fully saturated rings. The average molecular weight is 444 g/mol. The molecule has 24 heavy (non-hydrogen) atoms. The van der Waals surface area contributed by atoms with E-state index in [1.807, 2.05) is 0 Å². The van der Waals surface area contributed by atoms with Gasteiger partial charge in [-0.15, -0.1) is 24.0 Å². The summed E-state index contributed by atoms with van der Waals surface area (Å²) in [6.45, 7) is 1.47. The van der Waals surface area contributed by atoms with Crippen LogP contribution in [0.5, 0.6) is 0 Å². The van der Waals surface area contributed by atoms with E-state index in [-0.39, 0.29) is 35.3 Å². The molecule has 0 heterocycles. The fourth-order valence-electron chi connectivity index (χ4n) is 2.95. The molecule has 6 heteroatoms. The highest BCUT2D eigenvalue weighted by Gasteiger charge is 2.38. The smallest absolute Gasteiger partial charge is 0.223 e. The van der Waals surface area contributed by atoms with E-state index in [1.54, 1.807) is 26.0 Å². The molecule has 1 amide bonds. The van der Waals surface area contributed by atoms with E-state index in [2.05, 4.69) is 46.0 Å². The van der Waals surface area contributed by atoms with Crippen molar-refractivity contribution >= 4 is 35.8 Å². The van der Waals surface area contributed by atoms with Crippen molar-refractivity contribution in [2.75, 3.05) is 34.2 Å². The van der Waals surface area contributed by atoms with Crippen molar-refractivity contribution in [1.29, 1.82) is 0 Å². The van der Waals surface area contributed by atoms with Gasteiger partial charge in [-0.1, -0.05) is 36.8 Å². The van der Waals surface area contributed by atoms with Gasteiger partial charge in [0.1, 0.15) is 0 Å². The molecule has 0 spiro atoms. The zero-order valence-corrected chi connectivity index (χ0v) is 17.2. The highest BCUT2D eigenvalue weighted by molar-refractivity contribution is 14.0. The molecule has 5 nitrogen and oxygen atoms in total. The van der Waals surface area contributed by atoms with Gasteiger partial charge in [0.15, 0.2) is 5.96 Å². The molecular formula is C18H29IN4O. The lowest BCUT2D eigenvalue weighted by Gasteiger charge is -2.43. The van der Waals surface area contributed by atoms with Crippen LogP contribution in [0.4, 0.5) is 0 Å². The number of rotatable bonds is 6. The number of carbonyl (C=O) groups excluding carboxylic acids is 1. The summed E-state index contributed by atoms with van der Waals surface area (Å²) in [7, 11) is 5.31. The lowest BCUT2D eigenvalue weighted by Crippen LogP contribution is -2.49. The molecule has 0 aliphatic heterocycles. The van der Waals surface area contributed by atoms with Gasteiger partial charge in [0.05, 0.1) is 0 Å². The van der Waals surface area contributed by atoms with E-state index < -0.39 is 0 Å². The Morgan fingerprint density at radius 2 is 1.88 bits per heavy atom. The SMILES string of the molecule is CN=C(NCCC(=O)N(C)C)NCC1(c2ccccc2)CCC1.I. The van der Waals surface area contributed by atoms with Gasteiger partial charge >= 0.3 is 0 Å². The molecule has 0 aromatic heterocycles. The van der Waals surface area contributed by atoms with E-state index in [0.29, 0.717) is 13.0 Å². The number of aliphatic imine (C=N–C) groups is 1. The summed E-state index contributed by atoms with van der Waals surface area (Å²) < 4.78 is 0. The monoisotopic (exact) mass is 444 g/mol. The Labute approximate surface area is 162 Å². The van der Waals surface area contributed by atoms with Crippen molar-refractivity contribution in [2.24, 2.45) is 4.99 Å². The van der Waals surface area contributed by atoms with Crippen LogP contribution in [-0.2, 0) is 10.2 Å². The Hall–Kier alpha value is -1.31. The molecule has 1 aliphatic carbocycles. The molecule has 0 unspecified atom stereocenters. The number of halogens is 1. The minimum atomic E-state index is 0. The molecule has 1 aromatic rings. The van der Waals surface area contributed by atoms with Gasteiger partial charge in [0, 0.05) is 46.1 Å². The summed E-state index contributed by atoms with van der Waals surface area (Å²) in [5, 5.41) is 6.65. The minimum Gasteiger partial charge on any atom is -0.356 e. The van der Waals surface area contributed by atoms with Crippen LogP contribution >= 0.6 is 24.0 Å². The zero-order chi connectivity index (χ0) is 16.7. The summed E-state index contributed by atoms with van der Waals surface area (Å²) in [5.41, 5.74) is 1.62. The minimum absolute atomic E-state index is 0. The van der Waals surface area contributed by atoms with Gasteiger partial charge in [-0.2, -0.15) is 0 Å². The second kappa shape index (κ2) is 9.86. The molecule has 1 saturated carbocycles. The van der Waals surface area contributed by atoms with Gasteiger partial charge < -0.3 is 15.5 Å². The summed E-state index contributed by atoms with van der Waals surface area (Å²) in [5.74, 6) is 0.881. The summed E-state index contributed by atoms with van der Waals surface area (Å²) >= 11 is 0. The molecular weight excluding hydrogens is 415 g/mol. The Kier molecular flexibility index (Phi) is 8.52. The Morgan fingerprint density at radius 3 is 2.38 bits per heavy atom. The summed E-state index contributed by atoms with van der Waals surface area (Å²) in [6.07, 6.45) is 4.16. The van der Waals surface area contributed by atoms with Crippen LogP contribution in [0.3, 0.4) is 0 Å². The van der Waals surface area contributed by atoms with Crippen molar-refractivity contribution in [3.63, 3.8) is 0 Å². The molecule has 2 N–H and O–H groups in total. The Bertz CT molecular complexity index is 541. The first-order valence-corrected chi connectivity index (χ1v) is 8.27. The maximum absolute atomic E-state index is 11.6. The quantitative estimate of drug-likeness (QED) is 0.403. The van der Waals surface area contributed by atoms with E-state index in [1.165, 1.54) is 24.8 Å². The van der Waals surface area contributed by atoms with Gasteiger partial charge in [0.25, 0.3) is 0 Å². The topological polar surface area (TPSA) is 56.7 Å². The first-order chi connectivity index (χ1) is 11.1. The van der Waals surface area contributed by atoms with Crippen molar-refractivity contribution in [3.8, 4) is 0 Å². The van der Waals surface area contributed by atoms with Crippen molar-refractivity contribution < 1.29 is 4.79 Å². The van der Waals surface area contributed by atoms with Gasteiger partial charge in [-0.3, -0.25) is 9.79 Å². The van der Waals surface area contributed by atoms with Gasteiger partial charge in [-0.25, -0.2) is 0 Å². The van der Waals surface area contributed by atoms with E-state index >= 15 is 0 Å². The summed E-state index contributed by atoms with van der Waals surface area (Å²) in [6, 6.07) is 10.7. The highest BCUT2D eigenvalue weighted by atomic mass is 127. The fraction of sp³-hybridized carbons (Fsp3) is 0.556. The van der Waals surface area contributed by atoms with E-state index in [0.717, 1.165) is 12.5 Å². The molecule has 0 atom stereocenters. The van der Waals surface area contributed by atoms with Crippen LogP contribution < -0.4 is 10.6 Å². The van der Waals surface area contributed by atoms with Crippen molar-refractivity contribution in [2.45, 2.75) is 31.1 Å². The van der Waals surface area contributed by atoms with Crippen molar-refractivity contribution in [1.82, 2.24) is 15.5 Å². The molecule has 0 saturated heterocycles. The first-order valence-electron chi connectivity index (χ1n) is 8.27. The number of hydrogen-bond acceptors (Lipinski definition) is 2. The van der Waals surface area contributed by atoms with Crippen LogP contribution in [-0.4, -0.2) is 51.0 Å². The molecule has 2 rings (SSSR count). The average Bonchev–Trinajstić information content (AvgIpc) is 2.52. The second-order valence-electron chi connectivity index (χ2n) is 6.39. The van der Waals surface area contributed by atoms with Crippen LogP contribution in [0, 0.1) is 0 Å². The van der Waals surface area contributed by atoms with Gasteiger partial charge in [0.2, 0.25) is 5.91 Å². The van der Waals surface area contributed by atoms with Gasteiger partial charge in [-0.05, 0) is 18.4 Å². The second-order valence-corrected chi connectivity index (χ2v) is 6.39. The van der Waals surface area contributed by atoms with E-state index in [4.69, 9.17) is 0 Å². The highest BCUT2D eigenvalue weighted by Crippen LogP contribution is 2.43. The fourth-order valence-corrected chi connectivity index (χ4v) is 2.95. The first kappa shape index (κ1) is 20.7. The lowest BCUT2D eigenvalue weighted by atomic mass is 9.64. The Balaban J connectivity index is 0.00000288. The largest absolute Gasteiger partial charge is 0.356 e. The number of carbonyl (C=O) groups is 1. The summed E-state index contributed by atoms with van der Waals surface area (Å²) in [4.78, 5) is 17.5. The maximum Gasteiger partial charge on any atom is 0.223 e. The number of nitrogens with one attached hydrogen (secondary N) is 2. The number of amides is 1. The zero-order valence-electron chi connectivity index (χ0n) is 14.8. The lowest BCUT2D eigenvalue weighted by molar-refractivity contribution is -0.128. The molecule has 1 aliphatic rings. The molecule has 0 radical (unpaired) electrons. The molecule has 0 bridgehead atoms. The molecule has 134 valence electrons. The third-order valence-electron chi connectivity index (χ3n) is 4.64.